The van der Waals surface area contributed by atoms with E-state index in [1.54, 1.807) is 17.9 Å². The number of hydrogen-bond acceptors (Lipinski definition) is 4. The number of rotatable bonds is 6. The van der Waals surface area contributed by atoms with Gasteiger partial charge in [0.15, 0.2) is 0 Å². The lowest BCUT2D eigenvalue weighted by Gasteiger charge is -2.21. The Morgan fingerprint density at radius 2 is 2.16 bits per heavy atom. The fraction of sp³-hybridized carbons (Fsp3) is 0.583. The second kappa shape index (κ2) is 5.83. The number of aliphatic carboxylic acids is 1. The molecule has 7 heteroatoms. The van der Waals surface area contributed by atoms with Crippen molar-refractivity contribution in [3.8, 4) is 0 Å². The molecule has 19 heavy (non-hydrogen) atoms. The average molecular weight is 269 g/mol. The van der Waals surface area contributed by atoms with Crippen LogP contribution >= 0.6 is 0 Å². The quantitative estimate of drug-likeness (QED) is 0.671. The van der Waals surface area contributed by atoms with E-state index in [9.17, 15) is 14.7 Å². The number of nitrogens with zero attached hydrogens (tertiary/aromatic N) is 2. The lowest BCUT2D eigenvalue weighted by molar-refractivity contribution is -0.141. The zero-order valence-corrected chi connectivity index (χ0v) is 11.3. The van der Waals surface area contributed by atoms with Gasteiger partial charge in [-0.05, 0) is 13.3 Å². The molecule has 1 heterocycles. The highest BCUT2D eigenvalue weighted by Gasteiger charge is 2.25. The fourth-order valence-electron chi connectivity index (χ4n) is 1.74. The van der Waals surface area contributed by atoms with Crippen LogP contribution in [0.15, 0.2) is 6.20 Å². The third kappa shape index (κ3) is 4.36. The summed E-state index contributed by atoms with van der Waals surface area (Å²) in [5.74, 6) is -1.48. The molecule has 0 aliphatic carbocycles. The Balaban J connectivity index is 2.67. The van der Waals surface area contributed by atoms with E-state index in [1.165, 1.54) is 6.92 Å². The van der Waals surface area contributed by atoms with Crippen molar-refractivity contribution in [3.63, 3.8) is 0 Å². The summed E-state index contributed by atoms with van der Waals surface area (Å²) < 4.78 is 1.54. The molecule has 3 N–H and O–H groups in total. The van der Waals surface area contributed by atoms with Gasteiger partial charge in [-0.1, -0.05) is 6.92 Å². The highest BCUT2D eigenvalue weighted by molar-refractivity contribution is 5.95. The van der Waals surface area contributed by atoms with E-state index >= 15 is 0 Å². The van der Waals surface area contributed by atoms with Crippen molar-refractivity contribution in [2.75, 3.05) is 6.54 Å². The van der Waals surface area contributed by atoms with Crippen LogP contribution in [0.5, 0.6) is 0 Å². The Bertz CT molecular complexity index is 479. The number of aromatic nitrogens is 2. The fourth-order valence-corrected chi connectivity index (χ4v) is 1.74. The van der Waals surface area contributed by atoms with E-state index in [0.29, 0.717) is 17.7 Å². The maximum Gasteiger partial charge on any atom is 0.306 e. The smallest absolute Gasteiger partial charge is 0.306 e. The lowest BCUT2D eigenvalue weighted by atomic mass is 10.0. The number of carboxylic acids is 1. The van der Waals surface area contributed by atoms with Gasteiger partial charge in [0.25, 0.3) is 5.91 Å². The van der Waals surface area contributed by atoms with Crippen LogP contribution in [-0.2, 0) is 18.3 Å². The molecule has 1 aromatic heterocycles. The first-order valence-electron chi connectivity index (χ1n) is 6.00. The highest BCUT2D eigenvalue weighted by atomic mass is 16.4. The predicted octanol–water partition coefficient (Wildman–Crippen LogP) is -0.0620. The minimum absolute atomic E-state index is 0.129. The molecule has 1 rings (SSSR count). The molecule has 0 saturated carbocycles. The van der Waals surface area contributed by atoms with Crippen molar-refractivity contribution in [3.05, 3.63) is 17.5 Å². The Kier molecular flexibility index (Phi) is 4.66. The molecule has 0 radical (unpaired) electrons. The topological polar surface area (TPSA) is 104 Å². The summed E-state index contributed by atoms with van der Waals surface area (Å²) in [6, 6.07) is 0. The molecule has 0 fully saturated rings. The van der Waals surface area contributed by atoms with Gasteiger partial charge < -0.3 is 15.5 Å². The van der Waals surface area contributed by atoms with Crippen LogP contribution in [0.25, 0.3) is 0 Å². The first-order chi connectivity index (χ1) is 8.75. The van der Waals surface area contributed by atoms with Crippen LogP contribution < -0.4 is 5.32 Å². The van der Waals surface area contributed by atoms with Crippen molar-refractivity contribution < 1.29 is 19.8 Å². The molecular weight excluding hydrogens is 250 g/mol. The third-order valence-electron chi connectivity index (χ3n) is 2.65. The van der Waals surface area contributed by atoms with Crippen molar-refractivity contribution in [2.24, 2.45) is 7.05 Å². The number of aliphatic hydroxyl groups is 1. The summed E-state index contributed by atoms with van der Waals surface area (Å²) >= 11 is 0. The van der Waals surface area contributed by atoms with Crippen LogP contribution in [0.4, 0.5) is 0 Å². The molecule has 1 amide bonds. The third-order valence-corrected chi connectivity index (χ3v) is 2.65. The maximum atomic E-state index is 11.9. The van der Waals surface area contributed by atoms with Crippen molar-refractivity contribution in [1.29, 1.82) is 0 Å². The molecular formula is C12H19N3O4. The largest absolute Gasteiger partial charge is 0.481 e. The van der Waals surface area contributed by atoms with Crippen molar-refractivity contribution in [1.82, 2.24) is 15.1 Å². The standard InChI is InChI=1S/C12H19N3O4/c1-4-9-8(6-15(3)14-9)11(18)13-7-12(2,19)5-10(16)17/h6,19H,4-5,7H2,1-3H3,(H,13,18)(H,16,17). The first-order valence-corrected chi connectivity index (χ1v) is 6.00. The van der Waals surface area contributed by atoms with Gasteiger partial charge in [0.2, 0.25) is 0 Å². The zero-order chi connectivity index (χ0) is 14.6. The highest BCUT2D eigenvalue weighted by Crippen LogP contribution is 2.10. The van der Waals surface area contributed by atoms with Crippen LogP contribution in [0, 0.1) is 0 Å². The zero-order valence-electron chi connectivity index (χ0n) is 11.3. The normalized spacial score (nSPS) is 13.9. The van der Waals surface area contributed by atoms with Gasteiger partial charge in [0.05, 0.1) is 23.3 Å². The van der Waals surface area contributed by atoms with E-state index in [4.69, 9.17) is 5.11 Å². The molecule has 0 bridgehead atoms. The van der Waals surface area contributed by atoms with Gasteiger partial charge in [0.1, 0.15) is 0 Å². The van der Waals surface area contributed by atoms with Crippen LogP contribution in [0.2, 0.25) is 0 Å². The number of carbonyl (C=O) groups excluding carboxylic acids is 1. The Labute approximate surface area is 111 Å². The monoisotopic (exact) mass is 269 g/mol. The van der Waals surface area contributed by atoms with Crippen LogP contribution in [-0.4, -0.2) is 44.0 Å². The maximum absolute atomic E-state index is 11.9. The number of hydrogen-bond donors (Lipinski definition) is 3. The molecule has 0 spiro atoms. The summed E-state index contributed by atoms with van der Waals surface area (Å²) in [4.78, 5) is 22.5. The Morgan fingerprint density at radius 1 is 1.53 bits per heavy atom. The second-order valence-corrected chi connectivity index (χ2v) is 4.77. The van der Waals surface area contributed by atoms with Gasteiger partial charge >= 0.3 is 5.97 Å². The minimum Gasteiger partial charge on any atom is -0.481 e. The number of nitrogens with one attached hydrogen (secondary N) is 1. The number of carbonyl (C=O) groups is 2. The summed E-state index contributed by atoms with van der Waals surface area (Å²) in [7, 11) is 1.72. The molecule has 0 saturated heterocycles. The van der Waals surface area contributed by atoms with Crippen molar-refractivity contribution in [2.45, 2.75) is 32.3 Å². The molecule has 0 aromatic carbocycles. The van der Waals surface area contributed by atoms with E-state index in [-0.39, 0.29) is 12.5 Å². The lowest BCUT2D eigenvalue weighted by Crippen LogP contribution is -2.42. The molecule has 0 aliphatic heterocycles. The number of amides is 1. The van der Waals surface area contributed by atoms with Crippen LogP contribution in [0.1, 0.15) is 36.3 Å². The van der Waals surface area contributed by atoms with E-state index in [0.717, 1.165) is 0 Å². The van der Waals surface area contributed by atoms with Gasteiger partial charge in [-0.15, -0.1) is 0 Å². The van der Waals surface area contributed by atoms with E-state index in [2.05, 4.69) is 10.4 Å². The predicted molar refractivity (Wildman–Crippen MR) is 67.8 cm³/mol. The first kappa shape index (κ1) is 15.2. The summed E-state index contributed by atoms with van der Waals surface area (Å²) in [5, 5.41) is 25.1. The minimum atomic E-state index is -1.48. The number of carboxylic acid groups (broad SMARTS) is 1. The van der Waals surface area contributed by atoms with Gasteiger partial charge in [0, 0.05) is 19.8 Å². The van der Waals surface area contributed by atoms with Gasteiger partial charge in [-0.3, -0.25) is 14.3 Å². The van der Waals surface area contributed by atoms with E-state index in [1.807, 2.05) is 6.92 Å². The number of aryl methyl sites for hydroxylation is 2. The molecule has 7 nitrogen and oxygen atoms in total. The van der Waals surface area contributed by atoms with E-state index < -0.39 is 18.0 Å². The van der Waals surface area contributed by atoms with Crippen molar-refractivity contribution >= 4 is 11.9 Å². The average Bonchev–Trinajstić information content (AvgIpc) is 2.66. The molecule has 0 aliphatic rings. The van der Waals surface area contributed by atoms with Crippen LogP contribution in [0.3, 0.4) is 0 Å². The second-order valence-electron chi connectivity index (χ2n) is 4.77. The van der Waals surface area contributed by atoms with Gasteiger partial charge in [-0.2, -0.15) is 5.10 Å². The van der Waals surface area contributed by atoms with Gasteiger partial charge in [-0.25, -0.2) is 0 Å². The Hall–Kier alpha value is -1.89. The Morgan fingerprint density at radius 3 is 2.68 bits per heavy atom. The SMILES string of the molecule is CCc1nn(C)cc1C(=O)NCC(C)(O)CC(=O)O. The molecule has 1 unspecified atom stereocenters. The summed E-state index contributed by atoms with van der Waals surface area (Å²) in [6.07, 6.45) is 1.79. The molecule has 1 aromatic rings. The summed E-state index contributed by atoms with van der Waals surface area (Å²) in [6.45, 7) is 3.13. The molecule has 1 atom stereocenters. The molecule has 106 valence electrons. The summed E-state index contributed by atoms with van der Waals surface area (Å²) in [5.41, 5.74) is -0.371.